The highest BCUT2D eigenvalue weighted by atomic mass is 16.5. The van der Waals surface area contributed by atoms with Crippen molar-refractivity contribution in [2.45, 2.75) is 33.0 Å². The highest BCUT2D eigenvalue weighted by Gasteiger charge is 2.17. The van der Waals surface area contributed by atoms with E-state index in [9.17, 15) is 0 Å². The first kappa shape index (κ1) is 15.1. The Hall–Kier alpha value is -1.84. The first-order valence-electron chi connectivity index (χ1n) is 7.94. The van der Waals surface area contributed by atoms with Gasteiger partial charge in [0, 0.05) is 19.6 Å². The maximum absolute atomic E-state index is 9.11. The van der Waals surface area contributed by atoms with E-state index < -0.39 is 0 Å². The average molecular weight is 297 g/mol. The summed E-state index contributed by atoms with van der Waals surface area (Å²) < 4.78 is 5.61. The normalized spacial score (nSPS) is 14.6. The zero-order valence-electron chi connectivity index (χ0n) is 13.1. The van der Waals surface area contributed by atoms with Crippen LogP contribution in [-0.2, 0) is 26.1 Å². The Kier molecular flexibility index (Phi) is 4.76. The van der Waals surface area contributed by atoms with Gasteiger partial charge >= 0.3 is 0 Å². The van der Waals surface area contributed by atoms with E-state index in [-0.39, 0.29) is 6.61 Å². The zero-order chi connectivity index (χ0) is 15.4. The molecule has 0 atom stereocenters. The molecule has 0 saturated heterocycles. The third kappa shape index (κ3) is 3.49. The van der Waals surface area contributed by atoms with Crippen LogP contribution < -0.4 is 4.74 Å². The Labute approximate surface area is 132 Å². The molecule has 3 nitrogen and oxygen atoms in total. The molecule has 0 amide bonds. The number of aliphatic hydroxyl groups is 1. The number of ether oxygens (including phenoxy) is 1. The second-order valence-corrected chi connectivity index (χ2v) is 5.80. The summed E-state index contributed by atoms with van der Waals surface area (Å²) in [5, 5.41) is 9.11. The number of aliphatic hydroxyl groups excluding tert-OH is 1. The van der Waals surface area contributed by atoms with Gasteiger partial charge in [0.25, 0.3) is 0 Å². The molecule has 0 bridgehead atoms. The third-order valence-corrected chi connectivity index (χ3v) is 4.19. The smallest absolute Gasteiger partial charge is 0.119 e. The lowest BCUT2D eigenvalue weighted by Crippen LogP contribution is -2.30. The average Bonchev–Trinajstić information content (AvgIpc) is 2.55. The summed E-state index contributed by atoms with van der Waals surface area (Å²) in [5.74, 6) is 0.968. The molecule has 0 aromatic heterocycles. The SMILES string of the molecule is CCOc1ccc2c(c1)CN(Cc1ccc(CO)cc1)CC2. The van der Waals surface area contributed by atoms with Gasteiger partial charge in [0.1, 0.15) is 5.75 Å². The van der Waals surface area contributed by atoms with Crippen molar-refractivity contribution in [1.82, 2.24) is 4.90 Å². The molecule has 1 aliphatic heterocycles. The quantitative estimate of drug-likeness (QED) is 0.920. The minimum Gasteiger partial charge on any atom is -0.494 e. The molecule has 2 aromatic carbocycles. The van der Waals surface area contributed by atoms with Crippen LogP contribution in [0.25, 0.3) is 0 Å². The number of rotatable bonds is 5. The zero-order valence-corrected chi connectivity index (χ0v) is 13.1. The fourth-order valence-electron chi connectivity index (χ4n) is 2.99. The van der Waals surface area contributed by atoms with Crippen LogP contribution in [0.2, 0.25) is 0 Å². The van der Waals surface area contributed by atoms with E-state index in [2.05, 4.69) is 35.2 Å². The van der Waals surface area contributed by atoms with Crippen molar-refractivity contribution in [3.05, 3.63) is 64.7 Å². The molecule has 22 heavy (non-hydrogen) atoms. The predicted molar refractivity (Wildman–Crippen MR) is 87.8 cm³/mol. The van der Waals surface area contributed by atoms with Gasteiger partial charge in [-0.3, -0.25) is 4.90 Å². The van der Waals surface area contributed by atoms with Crippen molar-refractivity contribution in [3.8, 4) is 5.75 Å². The molecule has 1 N–H and O–H groups in total. The Morgan fingerprint density at radius 3 is 2.55 bits per heavy atom. The molecular formula is C19H23NO2. The lowest BCUT2D eigenvalue weighted by molar-refractivity contribution is 0.244. The summed E-state index contributed by atoms with van der Waals surface area (Å²) in [6, 6.07) is 14.7. The van der Waals surface area contributed by atoms with Gasteiger partial charge in [-0.25, -0.2) is 0 Å². The molecule has 3 heteroatoms. The fraction of sp³-hybridized carbons (Fsp3) is 0.368. The van der Waals surface area contributed by atoms with E-state index in [1.165, 1.54) is 16.7 Å². The highest BCUT2D eigenvalue weighted by Crippen LogP contribution is 2.25. The standard InChI is InChI=1S/C19H23NO2/c1-2-22-19-8-7-17-9-10-20(13-18(17)11-19)12-15-3-5-16(14-21)6-4-15/h3-8,11,21H,2,9-10,12-14H2,1H3. The molecule has 0 aliphatic carbocycles. The van der Waals surface area contributed by atoms with Crippen molar-refractivity contribution < 1.29 is 9.84 Å². The minimum atomic E-state index is 0.109. The van der Waals surface area contributed by atoms with E-state index >= 15 is 0 Å². The van der Waals surface area contributed by atoms with E-state index in [4.69, 9.17) is 9.84 Å². The van der Waals surface area contributed by atoms with Gasteiger partial charge in [-0.1, -0.05) is 30.3 Å². The van der Waals surface area contributed by atoms with E-state index in [1.807, 2.05) is 19.1 Å². The summed E-state index contributed by atoms with van der Waals surface area (Å²) in [4.78, 5) is 2.46. The maximum atomic E-state index is 9.11. The third-order valence-electron chi connectivity index (χ3n) is 4.19. The second-order valence-electron chi connectivity index (χ2n) is 5.80. The van der Waals surface area contributed by atoms with Crippen LogP contribution in [0.5, 0.6) is 5.75 Å². The van der Waals surface area contributed by atoms with Gasteiger partial charge in [0.2, 0.25) is 0 Å². The van der Waals surface area contributed by atoms with Gasteiger partial charge in [-0.2, -0.15) is 0 Å². The number of hydrogen-bond acceptors (Lipinski definition) is 3. The number of fused-ring (bicyclic) bond motifs is 1. The summed E-state index contributed by atoms with van der Waals surface area (Å²) in [5.41, 5.74) is 5.08. The topological polar surface area (TPSA) is 32.7 Å². The van der Waals surface area contributed by atoms with Crippen LogP contribution in [0.3, 0.4) is 0 Å². The lowest BCUT2D eigenvalue weighted by atomic mass is 9.99. The van der Waals surface area contributed by atoms with E-state index in [0.29, 0.717) is 6.61 Å². The molecule has 1 heterocycles. The van der Waals surface area contributed by atoms with Crippen molar-refractivity contribution >= 4 is 0 Å². The van der Waals surface area contributed by atoms with Crippen LogP contribution >= 0.6 is 0 Å². The number of hydrogen-bond donors (Lipinski definition) is 1. The summed E-state index contributed by atoms with van der Waals surface area (Å²) >= 11 is 0. The molecule has 3 rings (SSSR count). The van der Waals surface area contributed by atoms with Crippen LogP contribution in [0.4, 0.5) is 0 Å². The lowest BCUT2D eigenvalue weighted by Gasteiger charge is -2.29. The van der Waals surface area contributed by atoms with Crippen molar-refractivity contribution in [3.63, 3.8) is 0 Å². The molecule has 116 valence electrons. The molecule has 2 aromatic rings. The Bertz CT molecular complexity index is 622. The molecule has 0 unspecified atom stereocenters. The predicted octanol–water partition coefficient (Wildman–Crippen LogP) is 3.14. The van der Waals surface area contributed by atoms with Crippen molar-refractivity contribution in [1.29, 1.82) is 0 Å². The van der Waals surface area contributed by atoms with Crippen LogP contribution in [0, 0.1) is 0 Å². The molecule has 0 fully saturated rings. The molecule has 0 radical (unpaired) electrons. The summed E-state index contributed by atoms with van der Waals surface area (Å²) in [6.07, 6.45) is 1.09. The first-order valence-corrected chi connectivity index (χ1v) is 7.94. The summed E-state index contributed by atoms with van der Waals surface area (Å²) in [6.45, 7) is 5.84. The minimum absolute atomic E-state index is 0.109. The Morgan fingerprint density at radius 1 is 1.05 bits per heavy atom. The second kappa shape index (κ2) is 6.95. The molecular weight excluding hydrogens is 274 g/mol. The number of benzene rings is 2. The van der Waals surface area contributed by atoms with Gasteiger partial charge in [-0.05, 0) is 47.7 Å². The van der Waals surface area contributed by atoms with Crippen LogP contribution in [0.15, 0.2) is 42.5 Å². The van der Waals surface area contributed by atoms with Crippen molar-refractivity contribution in [2.24, 2.45) is 0 Å². The van der Waals surface area contributed by atoms with E-state index in [0.717, 1.165) is 37.4 Å². The maximum Gasteiger partial charge on any atom is 0.119 e. The van der Waals surface area contributed by atoms with E-state index in [1.54, 1.807) is 0 Å². The largest absolute Gasteiger partial charge is 0.494 e. The van der Waals surface area contributed by atoms with Gasteiger partial charge < -0.3 is 9.84 Å². The highest BCUT2D eigenvalue weighted by molar-refractivity contribution is 5.37. The van der Waals surface area contributed by atoms with Crippen molar-refractivity contribution in [2.75, 3.05) is 13.2 Å². The van der Waals surface area contributed by atoms with Gasteiger partial charge in [0.15, 0.2) is 0 Å². The van der Waals surface area contributed by atoms with Gasteiger partial charge in [0.05, 0.1) is 13.2 Å². The Balaban J connectivity index is 1.68. The monoisotopic (exact) mass is 297 g/mol. The number of nitrogens with zero attached hydrogens (tertiary/aromatic N) is 1. The molecule has 0 spiro atoms. The molecule has 0 saturated carbocycles. The fourth-order valence-corrected chi connectivity index (χ4v) is 2.99. The first-order chi connectivity index (χ1) is 10.8. The van der Waals surface area contributed by atoms with Crippen LogP contribution in [-0.4, -0.2) is 23.2 Å². The summed E-state index contributed by atoms with van der Waals surface area (Å²) in [7, 11) is 0. The Morgan fingerprint density at radius 2 is 1.82 bits per heavy atom. The van der Waals surface area contributed by atoms with Gasteiger partial charge in [-0.15, -0.1) is 0 Å². The molecule has 1 aliphatic rings. The van der Waals surface area contributed by atoms with Crippen LogP contribution in [0.1, 0.15) is 29.2 Å².